The van der Waals surface area contributed by atoms with Gasteiger partial charge in [0.25, 0.3) is 5.91 Å². The van der Waals surface area contributed by atoms with E-state index in [2.05, 4.69) is 20.7 Å². The van der Waals surface area contributed by atoms with E-state index in [0.717, 1.165) is 17.0 Å². The first kappa shape index (κ1) is 15.1. The van der Waals surface area contributed by atoms with Crippen molar-refractivity contribution in [2.75, 3.05) is 5.32 Å². The number of nitrogens with one attached hydrogen (secondary N) is 2. The van der Waals surface area contributed by atoms with E-state index in [-0.39, 0.29) is 5.91 Å². The Hall–Kier alpha value is -2.83. The van der Waals surface area contributed by atoms with Crippen LogP contribution in [0.4, 0.5) is 5.82 Å². The molecule has 23 heavy (non-hydrogen) atoms. The number of carbonyl (C=O) groups is 1. The quantitative estimate of drug-likeness (QED) is 0.769. The van der Waals surface area contributed by atoms with Crippen LogP contribution in [0.1, 0.15) is 40.1 Å². The van der Waals surface area contributed by atoms with E-state index < -0.39 is 0 Å². The first-order valence-electron chi connectivity index (χ1n) is 7.39. The number of aromatic nitrogens is 3. The van der Waals surface area contributed by atoms with E-state index in [1.807, 2.05) is 32.9 Å². The topological polar surface area (TPSA) is 97.0 Å². The predicted molar refractivity (Wildman–Crippen MR) is 84.3 cm³/mol. The molecule has 0 aliphatic heterocycles. The fourth-order valence-electron chi connectivity index (χ4n) is 2.45. The highest BCUT2D eigenvalue weighted by Gasteiger charge is 2.22. The number of aryl methyl sites for hydroxylation is 3. The molecule has 0 atom stereocenters. The van der Waals surface area contributed by atoms with Gasteiger partial charge < -0.3 is 14.3 Å². The summed E-state index contributed by atoms with van der Waals surface area (Å²) in [6.45, 7) is 7.40. The molecule has 0 fully saturated rings. The third-order valence-corrected chi connectivity index (χ3v) is 3.71. The number of furan rings is 1. The molecular weight excluding hydrogens is 296 g/mol. The minimum absolute atomic E-state index is 0.280. The first-order valence-corrected chi connectivity index (χ1v) is 7.39. The summed E-state index contributed by atoms with van der Waals surface area (Å²) in [6.07, 6.45) is 0.597. The molecule has 0 aromatic carbocycles. The van der Waals surface area contributed by atoms with E-state index >= 15 is 0 Å². The lowest BCUT2D eigenvalue weighted by molar-refractivity contribution is 0.102. The third kappa shape index (κ3) is 2.65. The van der Waals surface area contributed by atoms with Crippen LogP contribution in [0.3, 0.4) is 0 Å². The van der Waals surface area contributed by atoms with Crippen molar-refractivity contribution in [1.29, 1.82) is 0 Å². The molecule has 7 heteroatoms. The summed E-state index contributed by atoms with van der Waals surface area (Å²) in [7, 11) is 0. The molecule has 0 unspecified atom stereocenters. The van der Waals surface area contributed by atoms with Gasteiger partial charge >= 0.3 is 0 Å². The number of aromatic amines is 1. The van der Waals surface area contributed by atoms with Gasteiger partial charge in [0.15, 0.2) is 11.6 Å². The van der Waals surface area contributed by atoms with Crippen molar-refractivity contribution < 1.29 is 13.7 Å². The Kier molecular flexibility index (Phi) is 3.77. The van der Waals surface area contributed by atoms with Gasteiger partial charge in [-0.15, -0.1) is 0 Å². The maximum atomic E-state index is 12.5. The van der Waals surface area contributed by atoms with Gasteiger partial charge in [0, 0.05) is 12.0 Å². The molecule has 3 aromatic rings. The highest BCUT2D eigenvalue weighted by atomic mass is 16.5. The fourth-order valence-corrected chi connectivity index (χ4v) is 2.45. The second-order valence-electron chi connectivity index (χ2n) is 5.36. The summed E-state index contributed by atoms with van der Waals surface area (Å²) in [5, 5.41) is 13.7. The predicted octanol–water partition coefficient (Wildman–Crippen LogP) is 3.40. The second kappa shape index (κ2) is 5.75. The number of carbonyl (C=O) groups excluding carboxylic acids is 1. The summed E-state index contributed by atoms with van der Waals surface area (Å²) in [4.78, 5) is 12.5. The Bertz CT molecular complexity index is 857. The van der Waals surface area contributed by atoms with E-state index in [1.165, 1.54) is 0 Å². The molecule has 120 valence electrons. The van der Waals surface area contributed by atoms with Crippen molar-refractivity contribution in [3.63, 3.8) is 0 Å². The average molecular weight is 314 g/mol. The second-order valence-corrected chi connectivity index (χ2v) is 5.36. The maximum Gasteiger partial charge on any atom is 0.262 e. The zero-order valence-corrected chi connectivity index (χ0v) is 13.5. The molecule has 2 N–H and O–H groups in total. The van der Waals surface area contributed by atoms with E-state index in [9.17, 15) is 4.79 Å². The van der Waals surface area contributed by atoms with Crippen LogP contribution in [-0.4, -0.2) is 21.3 Å². The SMILES string of the molecule is CCc1onc(C)c1C(=O)Nc1n[nH]c(-c2ccc(C)o2)c1C. The van der Waals surface area contributed by atoms with Crippen molar-refractivity contribution in [1.82, 2.24) is 15.4 Å². The highest BCUT2D eigenvalue weighted by molar-refractivity contribution is 6.05. The minimum atomic E-state index is -0.280. The van der Waals surface area contributed by atoms with Crippen LogP contribution < -0.4 is 5.32 Å². The molecule has 7 nitrogen and oxygen atoms in total. The molecule has 0 radical (unpaired) electrons. The lowest BCUT2D eigenvalue weighted by Crippen LogP contribution is -2.15. The molecule has 0 aliphatic rings. The van der Waals surface area contributed by atoms with Crippen LogP contribution in [0.15, 0.2) is 21.1 Å². The molecule has 3 heterocycles. The molecule has 3 rings (SSSR count). The highest BCUT2D eigenvalue weighted by Crippen LogP contribution is 2.28. The summed E-state index contributed by atoms with van der Waals surface area (Å²) >= 11 is 0. The molecule has 1 amide bonds. The summed E-state index contributed by atoms with van der Waals surface area (Å²) in [6, 6.07) is 3.74. The maximum absolute atomic E-state index is 12.5. The smallest absolute Gasteiger partial charge is 0.262 e. The number of hydrogen-bond donors (Lipinski definition) is 2. The zero-order chi connectivity index (χ0) is 16.6. The van der Waals surface area contributed by atoms with Gasteiger partial charge in [0.05, 0.1) is 5.69 Å². The summed E-state index contributed by atoms with van der Waals surface area (Å²) in [5.41, 5.74) is 2.57. The largest absolute Gasteiger partial charge is 0.460 e. The number of anilines is 1. The van der Waals surface area contributed by atoms with Gasteiger partial charge in [-0.25, -0.2) is 0 Å². The fraction of sp³-hybridized carbons (Fsp3) is 0.312. The van der Waals surface area contributed by atoms with Gasteiger partial charge in [-0.1, -0.05) is 12.1 Å². The number of amides is 1. The summed E-state index contributed by atoms with van der Waals surface area (Å²) < 4.78 is 10.7. The van der Waals surface area contributed by atoms with Gasteiger partial charge in [-0.05, 0) is 32.9 Å². The van der Waals surface area contributed by atoms with Crippen LogP contribution in [-0.2, 0) is 6.42 Å². The molecule has 0 saturated heterocycles. The lowest BCUT2D eigenvalue weighted by Gasteiger charge is -2.03. The van der Waals surface area contributed by atoms with Gasteiger partial charge in [0.2, 0.25) is 0 Å². The van der Waals surface area contributed by atoms with Gasteiger partial charge in [0.1, 0.15) is 22.8 Å². The Balaban J connectivity index is 1.88. The Morgan fingerprint density at radius 1 is 1.30 bits per heavy atom. The van der Waals surface area contributed by atoms with Crippen LogP contribution in [0.25, 0.3) is 11.5 Å². The van der Waals surface area contributed by atoms with Crippen LogP contribution in [0.5, 0.6) is 0 Å². The van der Waals surface area contributed by atoms with Crippen molar-refractivity contribution >= 4 is 11.7 Å². The van der Waals surface area contributed by atoms with E-state index in [4.69, 9.17) is 8.94 Å². The van der Waals surface area contributed by atoms with E-state index in [1.54, 1.807) is 6.92 Å². The Labute approximate surface area is 133 Å². The van der Waals surface area contributed by atoms with E-state index in [0.29, 0.717) is 35.0 Å². The summed E-state index contributed by atoms with van der Waals surface area (Å²) in [5.74, 6) is 2.24. The van der Waals surface area contributed by atoms with Crippen molar-refractivity contribution in [2.45, 2.75) is 34.1 Å². The Morgan fingerprint density at radius 2 is 2.09 bits per heavy atom. The minimum Gasteiger partial charge on any atom is -0.460 e. The molecular formula is C16H18N4O3. The lowest BCUT2D eigenvalue weighted by atomic mass is 10.1. The Morgan fingerprint density at radius 3 is 2.74 bits per heavy atom. The number of nitrogens with zero attached hydrogens (tertiary/aromatic N) is 2. The third-order valence-electron chi connectivity index (χ3n) is 3.71. The first-order chi connectivity index (χ1) is 11.0. The molecule has 0 bridgehead atoms. The number of rotatable bonds is 4. The molecule has 0 spiro atoms. The van der Waals surface area contributed by atoms with Crippen LogP contribution in [0.2, 0.25) is 0 Å². The molecule has 3 aromatic heterocycles. The number of H-pyrrole nitrogens is 1. The zero-order valence-electron chi connectivity index (χ0n) is 13.5. The van der Waals surface area contributed by atoms with Crippen molar-refractivity contribution in [3.05, 3.63) is 40.5 Å². The van der Waals surface area contributed by atoms with Crippen molar-refractivity contribution in [2.24, 2.45) is 0 Å². The number of hydrogen-bond acceptors (Lipinski definition) is 5. The normalized spacial score (nSPS) is 11.0. The average Bonchev–Trinajstić information content (AvgIpc) is 3.19. The van der Waals surface area contributed by atoms with Crippen LogP contribution in [0, 0.1) is 20.8 Å². The van der Waals surface area contributed by atoms with Crippen molar-refractivity contribution in [3.8, 4) is 11.5 Å². The monoisotopic (exact) mass is 314 g/mol. The van der Waals surface area contributed by atoms with Gasteiger partial charge in [-0.2, -0.15) is 5.10 Å². The standard InChI is InChI=1S/C16H18N4O3/c1-5-11-13(10(4)20-23-11)16(21)17-15-9(3)14(18-19-15)12-7-6-8(2)22-12/h6-7H,5H2,1-4H3,(H2,17,18,19,21). The molecule has 0 aliphatic carbocycles. The van der Waals surface area contributed by atoms with Crippen LogP contribution >= 0.6 is 0 Å². The van der Waals surface area contributed by atoms with Gasteiger partial charge in [-0.3, -0.25) is 9.89 Å². The molecule has 0 saturated carbocycles.